The Bertz CT molecular complexity index is 755. The Labute approximate surface area is 150 Å². The maximum atomic E-state index is 12.3. The zero-order chi connectivity index (χ0) is 19.3. The van der Waals surface area contributed by atoms with Crippen LogP contribution < -0.4 is 9.64 Å². The molecule has 0 aromatic heterocycles. The van der Waals surface area contributed by atoms with E-state index in [0.717, 1.165) is 0 Å². The standard InChI is InChI=1S/C17H19NO8/c1-22-13-7-10(5-6-11(13)15(19)23-2)18-9-26-8-12(16(20)24-3)14(18)17(21)25-4/h5-7H,8-9H2,1-4H3. The van der Waals surface area contributed by atoms with Crippen molar-refractivity contribution in [3.05, 3.63) is 35.0 Å². The lowest BCUT2D eigenvalue weighted by molar-refractivity contribution is -0.140. The summed E-state index contributed by atoms with van der Waals surface area (Å²) in [6.07, 6.45) is 0. The van der Waals surface area contributed by atoms with Gasteiger partial charge in [-0.15, -0.1) is 0 Å². The minimum absolute atomic E-state index is 0.00142. The summed E-state index contributed by atoms with van der Waals surface area (Å²) in [5.74, 6) is -1.75. The molecule has 0 atom stereocenters. The second-order valence-electron chi connectivity index (χ2n) is 5.09. The molecule has 9 nitrogen and oxygen atoms in total. The first-order valence-corrected chi connectivity index (χ1v) is 7.49. The first kappa shape index (κ1) is 19.3. The van der Waals surface area contributed by atoms with Gasteiger partial charge in [-0.2, -0.15) is 0 Å². The van der Waals surface area contributed by atoms with Crippen LogP contribution in [0.2, 0.25) is 0 Å². The average Bonchev–Trinajstić information content (AvgIpc) is 2.70. The van der Waals surface area contributed by atoms with Gasteiger partial charge in [0.05, 0.1) is 40.6 Å². The van der Waals surface area contributed by atoms with E-state index in [1.54, 1.807) is 6.07 Å². The van der Waals surface area contributed by atoms with E-state index in [9.17, 15) is 14.4 Å². The largest absolute Gasteiger partial charge is 0.496 e. The van der Waals surface area contributed by atoms with E-state index in [1.807, 2.05) is 0 Å². The van der Waals surface area contributed by atoms with E-state index in [0.29, 0.717) is 5.69 Å². The number of anilines is 1. The molecule has 0 fully saturated rings. The third-order valence-corrected chi connectivity index (χ3v) is 3.74. The van der Waals surface area contributed by atoms with Crippen LogP contribution in [0.3, 0.4) is 0 Å². The average molecular weight is 365 g/mol. The molecule has 0 amide bonds. The molecule has 0 N–H and O–H groups in total. The van der Waals surface area contributed by atoms with Gasteiger partial charge in [-0.3, -0.25) is 0 Å². The molecule has 0 radical (unpaired) electrons. The molecule has 2 rings (SSSR count). The van der Waals surface area contributed by atoms with Crippen molar-refractivity contribution in [2.24, 2.45) is 0 Å². The summed E-state index contributed by atoms with van der Waals surface area (Å²) >= 11 is 0. The fraction of sp³-hybridized carbons (Fsp3) is 0.353. The van der Waals surface area contributed by atoms with Crippen molar-refractivity contribution in [1.29, 1.82) is 0 Å². The molecule has 1 aliphatic heterocycles. The molecule has 0 saturated carbocycles. The first-order chi connectivity index (χ1) is 12.5. The van der Waals surface area contributed by atoms with E-state index in [4.69, 9.17) is 23.7 Å². The van der Waals surface area contributed by atoms with Crippen molar-refractivity contribution in [2.45, 2.75) is 0 Å². The van der Waals surface area contributed by atoms with E-state index >= 15 is 0 Å². The van der Waals surface area contributed by atoms with Gasteiger partial charge < -0.3 is 28.6 Å². The third kappa shape index (κ3) is 3.62. The number of hydrogen-bond donors (Lipinski definition) is 0. The van der Waals surface area contributed by atoms with Crippen LogP contribution in [0.4, 0.5) is 5.69 Å². The number of esters is 3. The molecule has 1 aliphatic rings. The zero-order valence-corrected chi connectivity index (χ0v) is 14.9. The molecule has 0 spiro atoms. The van der Waals surface area contributed by atoms with Crippen LogP contribution in [0.25, 0.3) is 0 Å². The predicted molar refractivity (Wildman–Crippen MR) is 88.7 cm³/mol. The van der Waals surface area contributed by atoms with Crippen LogP contribution in [0, 0.1) is 0 Å². The number of benzene rings is 1. The second-order valence-corrected chi connectivity index (χ2v) is 5.09. The Morgan fingerprint density at radius 3 is 2.19 bits per heavy atom. The summed E-state index contributed by atoms with van der Waals surface area (Å²) < 4.78 is 24.8. The fourth-order valence-electron chi connectivity index (χ4n) is 2.47. The highest BCUT2D eigenvalue weighted by atomic mass is 16.5. The van der Waals surface area contributed by atoms with Gasteiger partial charge in [-0.25, -0.2) is 14.4 Å². The number of rotatable bonds is 5. The highest BCUT2D eigenvalue weighted by Crippen LogP contribution is 2.31. The highest BCUT2D eigenvalue weighted by molar-refractivity contribution is 6.03. The van der Waals surface area contributed by atoms with Crippen LogP contribution in [-0.4, -0.2) is 59.7 Å². The van der Waals surface area contributed by atoms with Crippen molar-refractivity contribution in [1.82, 2.24) is 0 Å². The van der Waals surface area contributed by atoms with Crippen molar-refractivity contribution in [2.75, 3.05) is 46.7 Å². The summed E-state index contributed by atoms with van der Waals surface area (Å²) in [6, 6.07) is 4.58. The van der Waals surface area contributed by atoms with Crippen LogP contribution in [0.15, 0.2) is 29.5 Å². The molecule has 0 bridgehead atoms. The van der Waals surface area contributed by atoms with Gasteiger partial charge in [0.25, 0.3) is 0 Å². The molecule has 1 heterocycles. The topological polar surface area (TPSA) is 101 Å². The van der Waals surface area contributed by atoms with Crippen molar-refractivity contribution >= 4 is 23.6 Å². The Hall–Kier alpha value is -3.07. The minimum atomic E-state index is -0.718. The molecule has 26 heavy (non-hydrogen) atoms. The molecular weight excluding hydrogens is 346 g/mol. The molecule has 1 aromatic rings. The van der Waals surface area contributed by atoms with Gasteiger partial charge in [0.2, 0.25) is 0 Å². The van der Waals surface area contributed by atoms with Gasteiger partial charge in [0.15, 0.2) is 0 Å². The molecule has 140 valence electrons. The summed E-state index contributed by atoms with van der Waals surface area (Å²) in [5.41, 5.74) is 0.699. The van der Waals surface area contributed by atoms with Gasteiger partial charge in [-0.05, 0) is 12.1 Å². The van der Waals surface area contributed by atoms with Crippen LogP contribution in [0.1, 0.15) is 10.4 Å². The number of methoxy groups -OCH3 is 4. The number of carbonyl (C=O) groups excluding carboxylic acids is 3. The van der Waals surface area contributed by atoms with Gasteiger partial charge in [0, 0.05) is 11.8 Å². The Morgan fingerprint density at radius 2 is 1.62 bits per heavy atom. The smallest absolute Gasteiger partial charge is 0.355 e. The van der Waals surface area contributed by atoms with E-state index < -0.39 is 17.9 Å². The Kier molecular flexibility index (Phi) is 6.18. The summed E-state index contributed by atoms with van der Waals surface area (Å²) in [5, 5.41) is 0. The van der Waals surface area contributed by atoms with Crippen LogP contribution >= 0.6 is 0 Å². The van der Waals surface area contributed by atoms with Crippen molar-refractivity contribution in [3.63, 3.8) is 0 Å². The normalized spacial score (nSPS) is 13.9. The van der Waals surface area contributed by atoms with Gasteiger partial charge in [-0.1, -0.05) is 0 Å². The monoisotopic (exact) mass is 365 g/mol. The molecule has 9 heteroatoms. The SMILES string of the molecule is COC(=O)C1=C(C(=O)OC)N(c2ccc(C(=O)OC)c(OC)c2)COC1. The second kappa shape index (κ2) is 8.34. The molecule has 0 saturated heterocycles. The molecular formula is C17H19NO8. The van der Waals surface area contributed by atoms with Gasteiger partial charge >= 0.3 is 17.9 Å². The van der Waals surface area contributed by atoms with Crippen LogP contribution in [-0.2, 0) is 28.5 Å². The van der Waals surface area contributed by atoms with E-state index in [2.05, 4.69) is 0 Å². The third-order valence-electron chi connectivity index (χ3n) is 3.74. The quantitative estimate of drug-likeness (QED) is 0.556. The van der Waals surface area contributed by atoms with E-state index in [-0.39, 0.29) is 35.9 Å². The maximum absolute atomic E-state index is 12.3. The van der Waals surface area contributed by atoms with Crippen LogP contribution in [0.5, 0.6) is 5.75 Å². The Morgan fingerprint density at radius 1 is 0.962 bits per heavy atom. The molecule has 1 aromatic carbocycles. The molecule has 0 unspecified atom stereocenters. The Balaban J connectivity index is 2.56. The number of ether oxygens (including phenoxy) is 5. The zero-order valence-electron chi connectivity index (χ0n) is 14.9. The fourth-order valence-corrected chi connectivity index (χ4v) is 2.47. The highest BCUT2D eigenvalue weighted by Gasteiger charge is 2.33. The summed E-state index contributed by atoms with van der Waals surface area (Å²) in [6.45, 7) is -0.101. The molecule has 0 aliphatic carbocycles. The minimum Gasteiger partial charge on any atom is -0.496 e. The predicted octanol–water partition coefficient (Wildman–Crippen LogP) is 0.876. The lowest BCUT2D eigenvalue weighted by Crippen LogP contribution is -2.38. The number of nitrogens with zero attached hydrogens (tertiary/aromatic N) is 1. The van der Waals surface area contributed by atoms with Gasteiger partial charge in [0.1, 0.15) is 23.7 Å². The summed E-state index contributed by atoms with van der Waals surface area (Å²) in [4.78, 5) is 37.5. The summed E-state index contributed by atoms with van der Waals surface area (Å²) in [7, 11) is 5.07. The maximum Gasteiger partial charge on any atom is 0.355 e. The van der Waals surface area contributed by atoms with Crippen molar-refractivity contribution < 1.29 is 38.1 Å². The lowest BCUT2D eigenvalue weighted by Gasteiger charge is -2.31. The van der Waals surface area contributed by atoms with Crippen molar-refractivity contribution in [3.8, 4) is 5.75 Å². The van der Waals surface area contributed by atoms with E-state index in [1.165, 1.54) is 45.5 Å². The number of hydrogen-bond acceptors (Lipinski definition) is 9. The first-order valence-electron chi connectivity index (χ1n) is 7.49. The lowest BCUT2D eigenvalue weighted by atomic mass is 10.1. The number of carbonyl (C=O) groups is 3.